The molecule has 6 nitrogen and oxygen atoms in total. The molecule has 1 aromatic heterocycles. The molecule has 0 atom stereocenters. The normalized spacial score (nSPS) is 10.5. The van der Waals surface area contributed by atoms with E-state index in [1.807, 2.05) is 0 Å². The van der Waals surface area contributed by atoms with Crippen molar-refractivity contribution in [1.29, 1.82) is 0 Å². The third kappa shape index (κ3) is 2.39. The van der Waals surface area contributed by atoms with Crippen LogP contribution in [0.3, 0.4) is 0 Å². The minimum atomic E-state index is -1.11. The first kappa shape index (κ1) is 12.2. The van der Waals surface area contributed by atoms with Gasteiger partial charge in [0.2, 0.25) is 0 Å². The minimum absolute atomic E-state index is 0.0157. The van der Waals surface area contributed by atoms with Crippen LogP contribution < -0.4 is 0 Å². The van der Waals surface area contributed by atoms with Gasteiger partial charge in [-0.2, -0.15) is 5.10 Å². The zero-order valence-corrected chi connectivity index (χ0v) is 9.43. The lowest BCUT2D eigenvalue weighted by molar-refractivity contribution is 0.0517. The van der Waals surface area contributed by atoms with Crippen LogP contribution in [-0.2, 0) is 4.74 Å². The Morgan fingerprint density at radius 1 is 1.56 bits per heavy atom. The van der Waals surface area contributed by atoms with E-state index in [0.29, 0.717) is 0 Å². The highest BCUT2D eigenvalue weighted by molar-refractivity contribution is 5.92. The van der Waals surface area contributed by atoms with Crippen LogP contribution in [0, 0.1) is 0 Å². The molecule has 1 rings (SSSR count). The second-order valence-electron chi connectivity index (χ2n) is 3.48. The zero-order chi connectivity index (χ0) is 12.3. The predicted octanol–water partition coefficient (Wildman–Crippen LogP) is 1.34. The van der Waals surface area contributed by atoms with E-state index in [1.165, 1.54) is 10.7 Å². The maximum absolute atomic E-state index is 11.4. The summed E-state index contributed by atoms with van der Waals surface area (Å²) in [6.07, 6.45) is 0. The molecule has 0 aromatic carbocycles. The van der Waals surface area contributed by atoms with Crippen LogP contribution in [0.1, 0.15) is 47.8 Å². The Kier molecular flexibility index (Phi) is 3.65. The van der Waals surface area contributed by atoms with E-state index in [0.717, 1.165) is 0 Å². The number of carbonyl (C=O) groups is 2. The molecule has 1 aromatic rings. The molecule has 1 heterocycles. The maximum Gasteiger partial charge on any atom is 0.358 e. The molecule has 0 aliphatic rings. The number of ether oxygens (including phenoxy) is 1. The Balaban J connectivity index is 3.11. The van der Waals surface area contributed by atoms with Gasteiger partial charge in [0.1, 0.15) is 5.69 Å². The molecule has 88 valence electrons. The van der Waals surface area contributed by atoms with Crippen LogP contribution in [-0.4, -0.2) is 33.4 Å². The highest BCUT2D eigenvalue weighted by Gasteiger charge is 2.20. The number of carboxylic acids is 1. The number of hydrogen-bond donors (Lipinski definition) is 1. The zero-order valence-electron chi connectivity index (χ0n) is 9.43. The number of hydrogen-bond acceptors (Lipinski definition) is 4. The Morgan fingerprint density at radius 2 is 2.19 bits per heavy atom. The van der Waals surface area contributed by atoms with Gasteiger partial charge >= 0.3 is 11.9 Å². The van der Waals surface area contributed by atoms with Crippen LogP contribution in [0.2, 0.25) is 0 Å². The van der Waals surface area contributed by atoms with Gasteiger partial charge in [0.15, 0.2) is 5.69 Å². The summed E-state index contributed by atoms with van der Waals surface area (Å²) in [6, 6.07) is 1.09. The smallest absolute Gasteiger partial charge is 0.358 e. The summed E-state index contributed by atoms with van der Waals surface area (Å²) in [5.41, 5.74) is 0.00556. The molecule has 0 aliphatic carbocycles. The largest absolute Gasteiger partial charge is 0.477 e. The quantitative estimate of drug-likeness (QED) is 0.783. The van der Waals surface area contributed by atoms with E-state index in [9.17, 15) is 9.59 Å². The van der Waals surface area contributed by atoms with Gasteiger partial charge in [-0.1, -0.05) is 0 Å². The monoisotopic (exact) mass is 226 g/mol. The molecule has 0 unspecified atom stereocenters. The summed E-state index contributed by atoms with van der Waals surface area (Å²) < 4.78 is 6.03. The van der Waals surface area contributed by atoms with Crippen LogP contribution >= 0.6 is 0 Å². The Bertz CT molecular complexity index is 409. The van der Waals surface area contributed by atoms with E-state index in [1.54, 1.807) is 20.8 Å². The summed E-state index contributed by atoms with van der Waals surface area (Å²) in [5.74, 6) is -1.72. The van der Waals surface area contributed by atoms with Crippen LogP contribution in [0.15, 0.2) is 6.07 Å². The fraction of sp³-hybridized carbons (Fsp3) is 0.500. The topological polar surface area (TPSA) is 81.4 Å². The standard InChI is InChI=1S/C10H14N2O4/c1-4-16-10(15)7-5-8(9(13)14)12(11-7)6(2)3/h5-6H,4H2,1-3H3,(H,13,14). The molecule has 0 saturated carbocycles. The number of esters is 1. The van der Waals surface area contributed by atoms with E-state index in [2.05, 4.69) is 5.10 Å². The lowest BCUT2D eigenvalue weighted by Crippen LogP contribution is -2.12. The summed E-state index contributed by atoms with van der Waals surface area (Å²) in [5, 5.41) is 12.8. The molecule has 0 radical (unpaired) electrons. The van der Waals surface area contributed by atoms with Gasteiger partial charge in [-0.3, -0.25) is 4.68 Å². The fourth-order valence-corrected chi connectivity index (χ4v) is 1.25. The summed E-state index contributed by atoms with van der Waals surface area (Å²) in [4.78, 5) is 22.3. The Hall–Kier alpha value is -1.85. The summed E-state index contributed by atoms with van der Waals surface area (Å²) in [7, 11) is 0. The number of rotatable bonds is 4. The molecule has 0 aliphatic heterocycles. The first-order valence-electron chi connectivity index (χ1n) is 4.97. The van der Waals surface area contributed by atoms with Crippen LogP contribution in [0.5, 0.6) is 0 Å². The number of carboxylic acid groups (broad SMARTS) is 1. The number of aromatic nitrogens is 2. The predicted molar refractivity (Wildman–Crippen MR) is 55.5 cm³/mol. The molecule has 6 heteroatoms. The fourth-order valence-electron chi connectivity index (χ4n) is 1.25. The van der Waals surface area contributed by atoms with Crippen molar-refractivity contribution in [2.75, 3.05) is 6.61 Å². The van der Waals surface area contributed by atoms with Gasteiger partial charge in [-0.15, -0.1) is 0 Å². The lowest BCUT2D eigenvalue weighted by atomic mass is 10.3. The van der Waals surface area contributed by atoms with Crippen molar-refractivity contribution in [3.63, 3.8) is 0 Å². The van der Waals surface area contributed by atoms with E-state index < -0.39 is 11.9 Å². The van der Waals surface area contributed by atoms with Crippen molar-refractivity contribution >= 4 is 11.9 Å². The van der Waals surface area contributed by atoms with Gasteiger partial charge in [-0.25, -0.2) is 9.59 Å². The third-order valence-electron chi connectivity index (χ3n) is 1.93. The molecular weight excluding hydrogens is 212 g/mol. The number of aromatic carboxylic acids is 1. The second-order valence-corrected chi connectivity index (χ2v) is 3.48. The van der Waals surface area contributed by atoms with Crippen LogP contribution in [0.4, 0.5) is 0 Å². The Labute approximate surface area is 92.8 Å². The Morgan fingerprint density at radius 3 is 2.56 bits per heavy atom. The van der Waals surface area contributed by atoms with Gasteiger partial charge < -0.3 is 9.84 Å². The van der Waals surface area contributed by atoms with Gasteiger partial charge in [0, 0.05) is 12.1 Å². The van der Waals surface area contributed by atoms with Crippen molar-refractivity contribution in [2.24, 2.45) is 0 Å². The van der Waals surface area contributed by atoms with E-state index in [-0.39, 0.29) is 24.0 Å². The molecule has 0 amide bonds. The lowest BCUT2D eigenvalue weighted by Gasteiger charge is -2.06. The number of carbonyl (C=O) groups excluding carboxylic acids is 1. The highest BCUT2D eigenvalue weighted by Crippen LogP contribution is 2.12. The first-order valence-corrected chi connectivity index (χ1v) is 4.97. The molecule has 1 N–H and O–H groups in total. The van der Waals surface area contributed by atoms with Crippen molar-refractivity contribution in [3.05, 3.63) is 17.5 Å². The molecule has 0 fully saturated rings. The molecule has 0 saturated heterocycles. The molecular formula is C10H14N2O4. The average molecular weight is 226 g/mol. The van der Waals surface area contributed by atoms with Gasteiger partial charge in [0.25, 0.3) is 0 Å². The highest BCUT2D eigenvalue weighted by atomic mass is 16.5. The van der Waals surface area contributed by atoms with Crippen LogP contribution in [0.25, 0.3) is 0 Å². The minimum Gasteiger partial charge on any atom is -0.477 e. The van der Waals surface area contributed by atoms with Crippen molar-refractivity contribution in [2.45, 2.75) is 26.8 Å². The van der Waals surface area contributed by atoms with E-state index in [4.69, 9.17) is 9.84 Å². The third-order valence-corrected chi connectivity index (χ3v) is 1.93. The molecule has 16 heavy (non-hydrogen) atoms. The van der Waals surface area contributed by atoms with Gasteiger partial charge in [0.05, 0.1) is 6.61 Å². The second kappa shape index (κ2) is 4.78. The molecule has 0 bridgehead atoms. The number of nitrogens with zero attached hydrogens (tertiary/aromatic N) is 2. The SMILES string of the molecule is CCOC(=O)c1cc(C(=O)O)n(C(C)C)n1. The maximum atomic E-state index is 11.4. The van der Waals surface area contributed by atoms with Crippen molar-refractivity contribution in [3.8, 4) is 0 Å². The summed E-state index contributed by atoms with van der Waals surface area (Å²) >= 11 is 0. The van der Waals surface area contributed by atoms with Gasteiger partial charge in [-0.05, 0) is 20.8 Å². The average Bonchev–Trinajstić information content (AvgIpc) is 2.62. The van der Waals surface area contributed by atoms with Crippen molar-refractivity contribution < 1.29 is 19.4 Å². The summed E-state index contributed by atoms with van der Waals surface area (Å²) in [6.45, 7) is 5.48. The molecule has 0 spiro atoms. The van der Waals surface area contributed by atoms with E-state index >= 15 is 0 Å². The van der Waals surface area contributed by atoms with Crippen molar-refractivity contribution in [1.82, 2.24) is 9.78 Å². The first-order chi connectivity index (χ1) is 7.47.